The quantitative estimate of drug-likeness (QED) is 0.631. The monoisotopic (exact) mass is 410 g/mol. The van der Waals surface area contributed by atoms with Crippen LogP contribution in [0.5, 0.6) is 0 Å². The number of nitrogens with one attached hydrogen (secondary N) is 1. The van der Waals surface area contributed by atoms with E-state index in [-0.39, 0.29) is 36.5 Å². The Morgan fingerprint density at radius 2 is 1.66 bits per heavy atom. The first-order valence-corrected chi connectivity index (χ1v) is 9.65. The Kier molecular flexibility index (Phi) is 5.13. The second kappa shape index (κ2) is 7.88. The van der Waals surface area contributed by atoms with E-state index in [9.17, 15) is 18.8 Å². The number of amides is 3. The van der Waals surface area contributed by atoms with Gasteiger partial charge in [0.05, 0.1) is 17.5 Å². The molecule has 4 rings (SSSR count). The third-order valence-electron chi connectivity index (χ3n) is 4.42. The minimum atomic E-state index is -0.360. The molecule has 3 amide bonds. The Hall–Kier alpha value is -3.46. The molecule has 2 heterocycles. The molecule has 7 nitrogen and oxygen atoms in total. The van der Waals surface area contributed by atoms with Crippen LogP contribution in [0.1, 0.15) is 31.3 Å². The van der Waals surface area contributed by atoms with Crippen molar-refractivity contribution in [1.82, 2.24) is 15.1 Å². The fourth-order valence-corrected chi connectivity index (χ4v) is 3.75. The molecule has 0 saturated carbocycles. The number of hydrogen-bond donors (Lipinski definition) is 1. The minimum absolute atomic E-state index is 0.0875. The van der Waals surface area contributed by atoms with Gasteiger partial charge in [-0.1, -0.05) is 35.6 Å². The third-order valence-corrected chi connectivity index (χ3v) is 5.32. The van der Waals surface area contributed by atoms with E-state index in [1.807, 2.05) is 0 Å². The number of rotatable bonds is 6. The molecule has 0 aliphatic carbocycles. The van der Waals surface area contributed by atoms with Gasteiger partial charge in [0.2, 0.25) is 11.0 Å². The van der Waals surface area contributed by atoms with E-state index >= 15 is 0 Å². The van der Waals surface area contributed by atoms with Crippen molar-refractivity contribution in [2.45, 2.75) is 12.8 Å². The standard InChI is InChI=1S/C20H15FN4O3S/c21-13-7-5-12(6-8-13)11-16(26)22-20-24-23-17(29-20)9-10-25-18(27)14-3-1-2-4-15(14)19(25)28/h1-8H,9-11H2,(H,22,24,26). The van der Waals surface area contributed by atoms with Crippen molar-refractivity contribution in [3.8, 4) is 0 Å². The van der Waals surface area contributed by atoms with Crippen LogP contribution in [0, 0.1) is 5.82 Å². The molecule has 1 aliphatic rings. The number of imide groups is 1. The first kappa shape index (κ1) is 18.9. The molecule has 1 aliphatic heterocycles. The Balaban J connectivity index is 1.33. The first-order chi connectivity index (χ1) is 14.0. The van der Waals surface area contributed by atoms with E-state index in [2.05, 4.69) is 15.5 Å². The van der Waals surface area contributed by atoms with Gasteiger partial charge in [-0.05, 0) is 29.8 Å². The van der Waals surface area contributed by atoms with E-state index in [1.165, 1.54) is 28.4 Å². The van der Waals surface area contributed by atoms with Crippen LogP contribution in [0.15, 0.2) is 48.5 Å². The number of fused-ring (bicyclic) bond motifs is 1. The molecule has 3 aromatic rings. The average Bonchev–Trinajstić information content (AvgIpc) is 3.25. The molecule has 0 spiro atoms. The van der Waals surface area contributed by atoms with Gasteiger partial charge in [0.15, 0.2) is 0 Å². The van der Waals surface area contributed by atoms with Gasteiger partial charge in [0.25, 0.3) is 11.8 Å². The highest BCUT2D eigenvalue weighted by Crippen LogP contribution is 2.23. The van der Waals surface area contributed by atoms with Crippen molar-refractivity contribution in [3.05, 3.63) is 76.0 Å². The number of halogens is 1. The predicted octanol–water partition coefficient (Wildman–Crippen LogP) is 2.70. The topological polar surface area (TPSA) is 92.3 Å². The number of nitrogens with zero attached hydrogens (tertiary/aromatic N) is 3. The Morgan fingerprint density at radius 1 is 1.00 bits per heavy atom. The van der Waals surface area contributed by atoms with Gasteiger partial charge in [-0.2, -0.15) is 0 Å². The molecule has 1 N–H and O–H groups in total. The number of anilines is 1. The van der Waals surface area contributed by atoms with Crippen molar-refractivity contribution < 1.29 is 18.8 Å². The summed E-state index contributed by atoms with van der Waals surface area (Å²) in [7, 11) is 0. The second-order valence-electron chi connectivity index (χ2n) is 6.41. The van der Waals surface area contributed by atoms with Crippen LogP contribution in [0.4, 0.5) is 9.52 Å². The van der Waals surface area contributed by atoms with Crippen molar-refractivity contribution in [2.75, 3.05) is 11.9 Å². The van der Waals surface area contributed by atoms with Crippen LogP contribution in [-0.2, 0) is 17.6 Å². The molecule has 0 saturated heterocycles. The van der Waals surface area contributed by atoms with Crippen molar-refractivity contribution in [1.29, 1.82) is 0 Å². The van der Waals surface area contributed by atoms with Crippen LogP contribution in [0.2, 0.25) is 0 Å². The highest BCUT2D eigenvalue weighted by molar-refractivity contribution is 7.15. The maximum absolute atomic E-state index is 12.9. The summed E-state index contributed by atoms with van der Waals surface area (Å²) < 4.78 is 12.9. The van der Waals surface area contributed by atoms with Crippen LogP contribution in [0.3, 0.4) is 0 Å². The summed E-state index contributed by atoms with van der Waals surface area (Å²) in [6.45, 7) is 0.185. The molecule has 2 aromatic carbocycles. The lowest BCUT2D eigenvalue weighted by Gasteiger charge is -2.12. The fourth-order valence-electron chi connectivity index (χ4n) is 3.01. The Labute approximate surface area is 169 Å². The highest BCUT2D eigenvalue weighted by atomic mass is 32.1. The highest BCUT2D eigenvalue weighted by Gasteiger charge is 2.34. The Bertz CT molecular complexity index is 1060. The molecule has 146 valence electrons. The van der Waals surface area contributed by atoms with Gasteiger partial charge < -0.3 is 5.32 Å². The van der Waals surface area contributed by atoms with Crippen LogP contribution in [-0.4, -0.2) is 39.4 Å². The summed E-state index contributed by atoms with van der Waals surface area (Å²) in [5.41, 5.74) is 1.49. The molecule has 0 unspecified atom stereocenters. The average molecular weight is 410 g/mol. The minimum Gasteiger partial charge on any atom is -0.300 e. The van der Waals surface area contributed by atoms with Gasteiger partial charge in [-0.25, -0.2) is 4.39 Å². The summed E-state index contributed by atoms with van der Waals surface area (Å²) in [6.07, 6.45) is 0.432. The zero-order valence-electron chi connectivity index (χ0n) is 15.1. The van der Waals surface area contributed by atoms with Crippen LogP contribution in [0.25, 0.3) is 0 Å². The zero-order chi connectivity index (χ0) is 20.4. The molecule has 9 heteroatoms. The second-order valence-corrected chi connectivity index (χ2v) is 7.47. The molecule has 0 radical (unpaired) electrons. The summed E-state index contributed by atoms with van der Waals surface area (Å²) in [4.78, 5) is 38.0. The molecular formula is C20H15FN4O3S. The van der Waals surface area contributed by atoms with Gasteiger partial charge >= 0.3 is 0 Å². The molecule has 1 aromatic heterocycles. The molecule has 0 fully saturated rings. The molecular weight excluding hydrogens is 395 g/mol. The number of hydrogen-bond acceptors (Lipinski definition) is 6. The molecule has 0 atom stereocenters. The number of aromatic nitrogens is 2. The fraction of sp³-hybridized carbons (Fsp3) is 0.150. The van der Waals surface area contributed by atoms with Gasteiger partial charge in [0.1, 0.15) is 10.8 Å². The van der Waals surface area contributed by atoms with Crippen molar-refractivity contribution >= 4 is 34.2 Å². The largest absolute Gasteiger partial charge is 0.300 e. The van der Waals surface area contributed by atoms with Crippen LogP contribution >= 0.6 is 11.3 Å². The maximum Gasteiger partial charge on any atom is 0.261 e. The predicted molar refractivity (Wildman–Crippen MR) is 104 cm³/mol. The molecule has 0 bridgehead atoms. The van der Waals surface area contributed by atoms with Gasteiger partial charge in [-0.3, -0.25) is 19.3 Å². The van der Waals surface area contributed by atoms with Crippen molar-refractivity contribution in [3.63, 3.8) is 0 Å². The first-order valence-electron chi connectivity index (χ1n) is 8.83. The SMILES string of the molecule is O=C(Cc1ccc(F)cc1)Nc1nnc(CCN2C(=O)c3ccccc3C2=O)s1. The summed E-state index contributed by atoms with van der Waals surface area (Å²) in [6, 6.07) is 12.4. The van der Waals surface area contributed by atoms with E-state index in [4.69, 9.17) is 0 Å². The molecule has 29 heavy (non-hydrogen) atoms. The number of benzene rings is 2. The van der Waals surface area contributed by atoms with E-state index in [0.717, 1.165) is 0 Å². The van der Waals surface area contributed by atoms with Gasteiger partial charge in [0, 0.05) is 13.0 Å². The lowest BCUT2D eigenvalue weighted by atomic mass is 10.1. The zero-order valence-corrected chi connectivity index (χ0v) is 15.9. The maximum atomic E-state index is 12.9. The normalized spacial score (nSPS) is 12.9. The van der Waals surface area contributed by atoms with Crippen molar-refractivity contribution in [2.24, 2.45) is 0 Å². The number of carbonyl (C=O) groups is 3. The lowest BCUT2D eigenvalue weighted by molar-refractivity contribution is -0.115. The summed E-state index contributed by atoms with van der Waals surface area (Å²) in [5, 5.41) is 11.5. The Morgan fingerprint density at radius 3 is 2.31 bits per heavy atom. The van der Waals surface area contributed by atoms with E-state index < -0.39 is 0 Å². The van der Waals surface area contributed by atoms with Crippen LogP contribution < -0.4 is 5.32 Å². The summed E-state index contributed by atoms with van der Waals surface area (Å²) in [5.74, 6) is -1.29. The van der Waals surface area contributed by atoms with Gasteiger partial charge in [-0.15, -0.1) is 10.2 Å². The lowest BCUT2D eigenvalue weighted by Crippen LogP contribution is -2.31. The van der Waals surface area contributed by atoms with E-state index in [0.29, 0.717) is 33.3 Å². The van der Waals surface area contributed by atoms with E-state index in [1.54, 1.807) is 36.4 Å². The number of carbonyl (C=O) groups excluding carboxylic acids is 3. The summed E-state index contributed by atoms with van der Waals surface area (Å²) >= 11 is 1.18. The third kappa shape index (κ3) is 4.04. The smallest absolute Gasteiger partial charge is 0.261 e.